The molecule has 0 radical (unpaired) electrons. The van der Waals surface area contributed by atoms with Gasteiger partial charge in [0.05, 0.1) is 0 Å². The lowest BCUT2D eigenvalue weighted by molar-refractivity contribution is -0.124. The fourth-order valence-corrected chi connectivity index (χ4v) is 3.64. The minimum Gasteiger partial charge on any atom is -0.352 e. The van der Waals surface area contributed by atoms with Crippen molar-refractivity contribution in [1.29, 1.82) is 0 Å². The number of hydrogen-bond donors (Lipinski definition) is 3. The molecule has 5 nitrogen and oxygen atoms in total. The van der Waals surface area contributed by atoms with Crippen molar-refractivity contribution < 1.29 is 9.59 Å². The Labute approximate surface area is 170 Å². The summed E-state index contributed by atoms with van der Waals surface area (Å²) in [6.07, 6.45) is 4.30. The number of hydrogen-bond acceptors (Lipinski definition) is 2. The Morgan fingerprint density at radius 1 is 0.857 bits per heavy atom. The summed E-state index contributed by atoms with van der Waals surface area (Å²) >= 11 is 6.09. The van der Waals surface area contributed by atoms with Crippen LogP contribution in [0.2, 0.25) is 5.02 Å². The van der Waals surface area contributed by atoms with Gasteiger partial charge < -0.3 is 16.0 Å². The molecule has 3 rings (SSSR count). The lowest BCUT2D eigenvalue weighted by Gasteiger charge is -2.12. The van der Waals surface area contributed by atoms with Crippen molar-refractivity contribution in [3.8, 4) is 0 Å². The fraction of sp³-hybridized carbons (Fsp3) is 0.364. The maximum atomic E-state index is 12.1. The Morgan fingerprint density at radius 2 is 1.50 bits per heavy atom. The Morgan fingerprint density at radius 3 is 2.21 bits per heavy atom. The summed E-state index contributed by atoms with van der Waals surface area (Å²) in [4.78, 5) is 24.2. The first-order valence-corrected chi connectivity index (χ1v) is 10.1. The summed E-state index contributed by atoms with van der Waals surface area (Å²) < 4.78 is 0. The molecule has 3 amide bonds. The van der Waals surface area contributed by atoms with Crippen LogP contribution >= 0.6 is 11.6 Å². The number of rotatable bonds is 7. The average Bonchev–Trinajstić information content (AvgIpc) is 3.25. The van der Waals surface area contributed by atoms with Crippen molar-refractivity contribution in [2.75, 3.05) is 0 Å². The summed E-state index contributed by atoms with van der Waals surface area (Å²) in [7, 11) is 0. The van der Waals surface area contributed by atoms with Gasteiger partial charge in [0.15, 0.2) is 0 Å². The van der Waals surface area contributed by atoms with E-state index < -0.39 is 0 Å². The van der Waals surface area contributed by atoms with Crippen molar-refractivity contribution in [1.82, 2.24) is 16.0 Å². The van der Waals surface area contributed by atoms with E-state index in [0.29, 0.717) is 24.7 Å². The van der Waals surface area contributed by atoms with Crippen LogP contribution in [-0.4, -0.2) is 11.9 Å². The highest BCUT2D eigenvalue weighted by Gasteiger charge is 2.22. The van der Waals surface area contributed by atoms with E-state index in [2.05, 4.69) is 16.0 Å². The standard InChI is InChI=1S/C22H26ClN3O2/c23-20-11-4-3-10-19(20)15-26-22(28)25-14-17-7-5-6-16(12-17)13-24-21(27)18-8-1-2-9-18/h3-7,10-12,18H,1-2,8-9,13-15H2,(H,24,27)(H2,25,26,28). The molecule has 1 aliphatic carbocycles. The van der Waals surface area contributed by atoms with Gasteiger partial charge in [-0.3, -0.25) is 4.79 Å². The van der Waals surface area contributed by atoms with E-state index in [9.17, 15) is 9.59 Å². The van der Waals surface area contributed by atoms with Gasteiger partial charge in [-0.2, -0.15) is 0 Å². The van der Waals surface area contributed by atoms with Crippen molar-refractivity contribution in [2.45, 2.75) is 45.3 Å². The lowest BCUT2D eigenvalue weighted by Crippen LogP contribution is -2.34. The second-order valence-electron chi connectivity index (χ2n) is 7.15. The van der Waals surface area contributed by atoms with Crippen molar-refractivity contribution >= 4 is 23.5 Å². The number of halogens is 1. The molecule has 0 unspecified atom stereocenters. The summed E-state index contributed by atoms with van der Waals surface area (Å²) in [6.45, 7) is 1.30. The Hall–Kier alpha value is -2.53. The van der Waals surface area contributed by atoms with Crippen LogP contribution in [0.4, 0.5) is 4.79 Å². The molecule has 28 heavy (non-hydrogen) atoms. The molecule has 0 heterocycles. The molecule has 1 fully saturated rings. The zero-order chi connectivity index (χ0) is 19.8. The third kappa shape index (κ3) is 5.99. The summed E-state index contributed by atoms with van der Waals surface area (Å²) in [5.41, 5.74) is 2.89. The van der Waals surface area contributed by atoms with Crippen LogP contribution in [0, 0.1) is 5.92 Å². The van der Waals surface area contributed by atoms with Gasteiger partial charge in [0, 0.05) is 30.6 Å². The molecule has 0 saturated heterocycles. The van der Waals surface area contributed by atoms with Gasteiger partial charge in [-0.25, -0.2) is 4.79 Å². The van der Waals surface area contributed by atoms with Crippen molar-refractivity contribution in [2.24, 2.45) is 5.92 Å². The molecule has 3 N–H and O–H groups in total. The molecule has 1 saturated carbocycles. The largest absolute Gasteiger partial charge is 0.352 e. The smallest absolute Gasteiger partial charge is 0.315 e. The molecule has 0 bridgehead atoms. The molecule has 0 spiro atoms. The van der Waals surface area contributed by atoms with E-state index in [-0.39, 0.29) is 17.9 Å². The Bertz CT molecular complexity index is 819. The second kappa shape index (κ2) is 10.1. The number of carbonyl (C=O) groups excluding carboxylic acids is 2. The van der Waals surface area contributed by atoms with Crippen molar-refractivity contribution in [3.05, 3.63) is 70.2 Å². The molecule has 6 heteroatoms. The van der Waals surface area contributed by atoms with Crippen LogP contribution in [0.3, 0.4) is 0 Å². The Kier molecular flexibility index (Phi) is 7.31. The third-order valence-electron chi connectivity index (χ3n) is 5.03. The van der Waals surface area contributed by atoms with Gasteiger partial charge in [0.2, 0.25) is 5.91 Å². The normalized spacial score (nSPS) is 13.9. The minimum atomic E-state index is -0.250. The highest BCUT2D eigenvalue weighted by atomic mass is 35.5. The third-order valence-corrected chi connectivity index (χ3v) is 5.40. The number of amides is 3. The van der Waals surface area contributed by atoms with Crippen LogP contribution in [-0.2, 0) is 24.4 Å². The SMILES string of the molecule is O=C(NCc1cccc(CNC(=O)C2CCCC2)c1)NCc1ccccc1Cl. The predicted octanol–water partition coefficient (Wildman–Crippen LogP) is 4.15. The molecule has 148 valence electrons. The van der Waals surface area contributed by atoms with E-state index in [1.54, 1.807) is 6.07 Å². The molecular formula is C22H26ClN3O2. The predicted molar refractivity (Wildman–Crippen MR) is 111 cm³/mol. The molecule has 0 aliphatic heterocycles. The maximum Gasteiger partial charge on any atom is 0.315 e. The first kappa shape index (κ1) is 20.2. The first-order valence-electron chi connectivity index (χ1n) is 9.72. The van der Waals surface area contributed by atoms with E-state index in [4.69, 9.17) is 11.6 Å². The second-order valence-corrected chi connectivity index (χ2v) is 7.55. The molecule has 0 aromatic heterocycles. The monoisotopic (exact) mass is 399 g/mol. The Balaban J connectivity index is 1.43. The minimum absolute atomic E-state index is 0.153. The van der Waals surface area contributed by atoms with Crippen LogP contribution < -0.4 is 16.0 Å². The summed E-state index contributed by atoms with van der Waals surface area (Å²) in [5.74, 6) is 0.326. The summed E-state index contributed by atoms with van der Waals surface area (Å²) in [5, 5.41) is 9.31. The zero-order valence-corrected chi connectivity index (χ0v) is 16.6. The first-order chi connectivity index (χ1) is 13.6. The van der Waals surface area contributed by atoms with Crippen LogP contribution in [0.1, 0.15) is 42.4 Å². The molecule has 2 aromatic carbocycles. The van der Waals surface area contributed by atoms with Gasteiger partial charge in [-0.1, -0.05) is 66.9 Å². The lowest BCUT2D eigenvalue weighted by atomic mass is 10.1. The van der Waals surface area contributed by atoms with Gasteiger partial charge in [-0.05, 0) is 35.6 Å². The highest BCUT2D eigenvalue weighted by molar-refractivity contribution is 6.31. The van der Waals surface area contributed by atoms with Crippen LogP contribution in [0.5, 0.6) is 0 Å². The number of urea groups is 1. The number of nitrogens with one attached hydrogen (secondary N) is 3. The van der Waals surface area contributed by atoms with Crippen LogP contribution in [0.15, 0.2) is 48.5 Å². The number of benzene rings is 2. The maximum absolute atomic E-state index is 12.1. The van der Waals surface area contributed by atoms with Gasteiger partial charge in [0.1, 0.15) is 0 Å². The summed E-state index contributed by atoms with van der Waals surface area (Å²) in [6, 6.07) is 15.1. The fourth-order valence-electron chi connectivity index (χ4n) is 3.43. The molecule has 0 atom stereocenters. The zero-order valence-electron chi connectivity index (χ0n) is 15.8. The molecule has 1 aliphatic rings. The van der Waals surface area contributed by atoms with E-state index in [0.717, 1.165) is 42.4 Å². The highest BCUT2D eigenvalue weighted by Crippen LogP contribution is 2.24. The quantitative estimate of drug-likeness (QED) is 0.654. The van der Waals surface area contributed by atoms with Gasteiger partial charge in [0.25, 0.3) is 0 Å². The van der Waals surface area contributed by atoms with E-state index in [1.165, 1.54) is 0 Å². The molecule has 2 aromatic rings. The van der Waals surface area contributed by atoms with Gasteiger partial charge in [-0.15, -0.1) is 0 Å². The molecular weight excluding hydrogens is 374 g/mol. The van der Waals surface area contributed by atoms with Gasteiger partial charge >= 0.3 is 6.03 Å². The van der Waals surface area contributed by atoms with E-state index in [1.807, 2.05) is 42.5 Å². The topological polar surface area (TPSA) is 70.2 Å². The van der Waals surface area contributed by atoms with E-state index >= 15 is 0 Å². The van der Waals surface area contributed by atoms with Crippen LogP contribution in [0.25, 0.3) is 0 Å². The number of carbonyl (C=O) groups is 2. The average molecular weight is 400 g/mol. The van der Waals surface area contributed by atoms with Crippen molar-refractivity contribution in [3.63, 3.8) is 0 Å².